The minimum absolute atomic E-state index is 0.141. The molecule has 0 fully saturated rings. The topological polar surface area (TPSA) is 73.6 Å². The largest absolute Gasteiger partial charge is 0.494 e. The molecular formula is C22H22N2O4. The van der Waals surface area contributed by atoms with Crippen molar-refractivity contribution >= 4 is 11.6 Å². The number of hydrogen-bond donors (Lipinski definition) is 1. The van der Waals surface area contributed by atoms with Gasteiger partial charge in [0.05, 0.1) is 18.7 Å². The quantitative estimate of drug-likeness (QED) is 0.694. The zero-order valence-electron chi connectivity index (χ0n) is 15.9. The third-order valence-corrected chi connectivity index (χ3v) is 4.53. The number of carbonyl (C=O) groups is 1. The van der Waals surface area contributed by atoms with Crippen molar-refractivity contribution < 1.29 is 18.8 Å². The van der Waals surface area contributed by atoms with Gasteiger partial charge in [-0.2, -0.15) is 0 Å². The summed E-state index contributed by atoms with van der Waals surface area (Å²) in [6.45, 7) is 4.59. The van der Waals surface area contributed by atoms with Crippen LogP contribution in [0.5, 0.6) is 11.5 Å². The van der Waals surface area contributed by atoms with Gasteiger partial charge >= 0.3 is 0 Å². The molecule has 0 bridgehead atoms. The number of fused-ring (bicyclic) bond motifs is 1. The normalized spacial score (nSPS) is 15.0. The van der Waals surface area contributed by atoms with Gasteiger partial charge in [0.1, 0.15) is 17.6 Å². The summed E-state index contributed by atoms with van der Waals surface area (Å²) in [4.78, 5) is 12.3. The monoisotopic (exact) mass is 378 g/mol. The maximum atomic E-state index is 12.3. The van der Waals surface area contributed by atoms with Crippen molar-refractivity contribution in [2.75, 3.05) is 11.9 Å². The first-order valence-electron chi connectivity index (χ1n) is 9.39. The van der Waals surface area contributed by atoms with E-state index in [0.717, 1.165) is 29.0 Å². The summed E-state index contributed by atoms with van der Waals surface area (Å²) in [5.74, 6) is 2.19. The van der Waals surface area contributed by atoms with Gasteiger partial charge in [0, 0.05) is 23.7 Å². The number of benzene rings is 2. The third kappa shape index (κ3) is 4.01. The second kappa shape index (κ2) is 7.76. The molecule has 144 valence electrons. The molecule has 28 heavy (non-hydrogen) atoms. The Balaban J connectivity index is 1.39. The van der Waals surface area contributed by atoms with E-state index in [4.69, 9.17) is 14.0 Å². The van der Waals surface area contributed by atoms with Crippen molar-refractivity contribution in [3.63, 3.8) is 0 Å². The van der Waals surface area contributed by atoms with Crippen molar-refractivity contribution in [3.05, 3.63) is 59.8 Å². The van der Waals surface area contributed by atoms with Crippen LogP contribution >= 0.6 is 0 Å². The van der Waals surface area contributed by atoms with E-state index in [9.17, 15) is 4.79 Å². The molecule has 3 aromatic rings. The minimum atomic E-state index is -0.153. The molecule has 1 N–H and O–H groups in total. The van der Waals surface area contributed by atoms with Gasteiger partial charge in [0.2, 0.25) is 5.91 Å². The third-order valence-electron chi connectivity index (χ3n) is 4.53. The number of carbonyl (C=O) groups excluding carboxylic acids is 1. The van der Waals surface area contributed by atoms with E-state index < -0.39 is 0 Å². The second-order valence-corrected chi connectivity index (χ2v) is 6.82. The first-order chi connectivity index (χ1) is 13.6. The second-order valence-electron chi connectivity index (χ2n) is 6.82. The highest BCUT2D eigenvalue weighted by molar-refractivity contribution is 5.92. The Morgan fingerprint density at radius 2 is 2.04 bits per heavy atom. The summed E-state index contributed by atoms with van der Waals surface area (Å²) in [7, 11) is 0. The summed E-state index contributed by atoms with van der Waals surface area (Å²) in [5.41, 5.74) is 3.40. The SMILES string of the molecule is CCOc1ccc(NC(=O)Cc2cc(-c3ccc4c(c3)CC(C)O4)on2)cc1. The predicted molar refractivity (Wildman–Crippen MR) is 106 cm³/mol. The number of nitrogens with one attached hydrogen (secondary N) is 1. The highest BCUT2D eigenvalue weighted by Gasteiger charge is 2.20. The number of anilines is 1. The summed E-state index contributed by atoms with van der Waals surface area (Å²) >= 11 is 0. The number of aromatic nitrogens is 1. The van der Waals surface area contributed by atoms with Crippen LogP contribution in [0.1, 0.15) is 25.1 Å². The average Bonchev–Trinajstić information content (AvgIpc) is 3.28. The molecule has 1 atom stereocenters. The van der Waals surface area contributed by atoms with Gasteiger partial charge in [0.15, 0.2) is 5.76 Å². The van der Waals surface area contributed by atoms with Crippen molar-refractivity contribution in [3.8, 4) is 22.8 Å². The van der Waals surface area contributed by atoms with Crippen LogP contribution in [0.2, 0.25) is 0 Å². The lowest BCUT2D eigenvalue weighted by Crippen LogP contribution is -2.14. The van der Waals surface area contributed by atoms with E-state index in [1.165, 1.54) is 0 Å². The molecule has 0 aliphatic carbocycles. The molecule has 0 saturated carbocycles. The number of rotatable bonds is 6. The van der Waals surface area contributed by atoms with Crippen LogP contribution in [0.4, 0.5) is 5.69 Å². The maximum Gasteiger partial charge on any atom is 0.230 e. The van der Waals surface area contributed by atoms with Gasteiger partial charge in [-0.25, -0.2) is 0 Å². The fourth-order valence-electron chi connectivity index (χ4n) is 3.28. The van der Waals surface area contributed by atoms with Gasteiger partial charge < -0.3 is 19.3 Å². The van der Waals surface area contributed by atoms with E-state index in [1.54, 1.807) is 6.07 Å². The molecule has 6 heteroatoms. The molecule has 1 unspecified atom stereocenters. The zero-order valence-corrected chi connectivity index (χ0v) is 15.9. The smallest absolute Gasteiger partial charge is 0.230 e. The molecular weight excluding hydrogens is 356 g/mol. The first kappa shape index (κ1) is 18.1. The van der Waals surface area contributed by atoms with Crippen LogP contribution < -0.4 is 14.8 Å². The van der Waals surface area contributed by atoms with Crippen LogP contribution in [0.3, 0.4) is 0 Å². The summed E-state index contributed by atoms with van der Waals surface area (Å²) in [5, 5.41) is 6.89. The van der Waals surface area contributed by atoms with Crippen molar-refractivity contribution in [1.29, 1.82) is 0 Å². The molecule has 1 aliphatic rings. The molecule has 0 radical (unpaired) electrons. The Bertz CT molecular complexity index is 978. The van der Waals surface area contributed by atoms with Crippen molar-refractivity contribution in [2.24, 2.45) is 0 Å². The van der Waals surface area contributed by atoms with Crippen LogP contribution in [0, 0.1) is 0 Å². The lowest BCUT2D eigenvalue weighted by molar-refractivity contribution is -0.115. The van der Waals surface area contributed by atoms with E-state index in [0.29, 0.717) is 23.7 Å². The van der Waals surface area contributed by atoms with Gasteiger partial charge in [-0.1, -0.05) is 5.16 Å². The van der Waals surface area contributed by atoms with Crippen LogP contribution in [0.25, 0.3) is 11.3 Å². The Morgan fingerprint density at radius 1 is 1.21 bits per heavy atom. The molecule has 4 rings (SSSR count). The van der Waals surface area contributed by atoms with Gasteiger partial charge in [-0.05, 0) is 61.9 Å². The van der Waals surface area contributed by atoms with E-state index in [2.05, 4.69) is 23.5 Å². The van der Waals surface area contributed by atoms with Crippen molar-refractivity contribution in [2.45, 2.75) is 32.8 Å². The Labute approximate surface area is 163 Å². The Morgan fingerprint density at radius 3 is 2.82 bits per heavy atom. The van der Waals surface area contributed by atoms with Gasteiger partial charge in [-0.3, -0.25) is 4.79 Å². The van der Waals surface area contributed by atoms with E-state index in [1.807, 2.05) is 43.3 Å². The number of nitrogens with zero attached hydrogens (tertiary/aromatic N) is 1. The lowest BCUT2D eigenvalue weighted by atomic mass is 10.1. The van der Waals surface area contributed by atoms with E-state index in [-0.39, 0.29) is 18.4 Å². The van der Waals surface area contributed by atoms with Crippen LogP contribution in [-0.4, -0.2) is 23.8 Å². The van der Waals surface area contributed by atoms with Gasteiger partial charge in [0.25, 0.3) is 0 Å². The molecule has 1 aromatic heterocycles. The first-order valence-corrected chi connectivity index (χ1v) is 9.39. The molecule has 1 amide bonds. The fourth-order valence-corrected chi connectivity index (χ4v) is 3.28. The molecule has 1 aliphatic heterocycles. The standard InChI is InChI=1S/C22H22N2O4/c1-3-26-19-7-5-17(6-8-19)23-22(25)13-18-12-21(28-24-18)15-4-9-20-16(11-15)10-14(2)27-20/h4-9,11-12,14H,3,10,13H2,1-2H3,(H,23,25). The summed E-state index contributed by atoms with van der Waals surface area (Å²) in [6.07, 6.45) is 1.22. The summed E-state index contributed by atoms with van der Waals surface area (Å²) < 4.78 is 16.6. The van der Waals surface area contributed by atoms with Gasteiger partial charge in [-0.15, -0.1) is 0 Å². The molecule has 2 aromatic carbocycles. The Kier molecular flexibility index (Phi) is 5.02. The highest BCUT2D eigenvalue weighted by atomic mass is 16.5. The molecule has 0 spiro atoms. The van der Waals surface area contributed by atoms with Crippen LogP contribution in [-0.2, 0) is 17.6 Å². The average molecular weight is 378 g/mol. The van der Waals surface area contributed by atoms with Crippen molar-refractivity contribution in [1.82, 2.24) is 5.16 Å². The number of hydrogen-bond acceptors (Lipinski definition) is 5. The summed E-state index contributed by atoms with van der Waals surface area (Å²) in [6, 6.07) is 15.0. The zero-order chi connectivity index (χ0) is 19.5. The minimum Gasteiger partial charge on any atom is -0.494 e. The molecule has 6 nitrogen and oxygen atoms in total. The number of ether oxygens (including phenoxy) is 2. The highest BCUT2D eigenvalue weighted by Crippen LogP contribution is 2.33. The van der Waals surface area contributed by atoms with E-state index >= 15 is 0 Å². The Hall–Kier alpha value is -3.28. The maximum absolute atomic E-state index is 12.3. The molecule has 0 saturated heterocycles. The number of amides is 1. The van der Waals surface area contributed by atoms with Crippen LogP contribution in [0.15, 0.2) is 53.1 Å². The lowest BCUT2D eigenvalue weighted by Gasteiger charge is -2.06. The fraction of sp³-hybridized carbons (Fsp3) is 0.273. The predicted octanol–water partition coefficient (Wildman–Crippen LogP) is 4.24. The molecule has 2 heterocycles.